The molecule has 3 heteroatoms. The summed E-state index contributed by atoms with van der Waals surface area (Å²) in [5, 5.41) is 0. The molecule has 0 amide bonds. The molecule has 14 heavy (non-hydrogen) atoms. The molecule has 0 bridgehead atoms. The minimum atomic E-state index is 0.192. The van der Waals surface area contributed by atoms with Crippen LogP contribution < -0.4 is 10.5 Å². The van der Waals surface area contributed by atoms with Gasteiger partial charge in [-0.2, -0.15) is 0 Å². The Morgan fingerprint density at radius 2 is 1.93 bits per heavy atom. The van der Waals surface area contributed by atoms with Gasteiger partial charge in [0.2, 0.25) is 0 Å². The van der Waals surface area contributed by atoms with Crippen molar-refractivity contribution in [2.24, 2.45) is 5.92 Å². The van der Waals surface area contributed by atoms with E-state index in [9.17, 15) is 0 Å². The van der Waals surface area contributed by atoms with Crippen molar-refractivity contribution in [3.63, 3.8) is 0 Å². The Balaban J connectivity index is 2.77. The molecule has 2 N–H and O–H groups in total. The molecule has 0 aliphatic heterocycles. The number of hydrogen-bond donors (Lipinski definition) is 1. The summed E-state index contributed by atoms with van der Waals surface area (Å²) in [4.78, 5) is 0. The number of benzene rings is 1. The van der Waals surface area contributed by atoms with Crippen LogP contribution >= 0.6 is 22.6 Å². The molecule has 0 fully saturated rings. The third-order valence-electron chi connectivity index (χ3n) is 2.22. The number of nitrogens with two attached hydrogens (primary N) is 1. The van der Waals surface area contributed by atoms with Gasteiger partial charge < -0.3 is 10.5 Å². The SMILES string of the molecule is CC(C)C(C)Oc1ccc(I)cc1N. The fourth-order valence-electron chi connectivity index (χ4n) is 0.963. The lowest BCUT2D eigenvalue weighted by atomic mass is 10.1. The lowest BCUT2D eigenvalue weighted by Crippen LogP contribution is -2.19. The van der Waals surface area contributed by atoms with E-state index in [1.165, 1.54) is 0 Å². The van der Waals surface area contributed by atoms with Gasteiger partial charge in [-0.05, 0) is 53.6 Å². The van der Waals surface area contributed by atoms with Crippen molar-refractivity contribution in [1.29, 1.82) is 0 Å². The first kappa shape index (κ1) is 11.6. The predicted molar refractivity (Wildman–Crippen MR) is 68.5 cm³/mol. The molecule has 0 aliphatic rings. The lowest BCUT2D eigenvalue weighted by molar-refractivity contribution is 0.171. The molecule has 1 aromatic carbocycles. The van der Waals surface area contributed by atoms with E-state index in [-0.39, 0.29) is 6.10 Å². The quantitative estimate of drug-likeness (QED) is 0.687. The lowest BCUT2D eigenvalue weighted by Gasteiger charge is -2.19. The van der Waals surface area contributed by atoms with E-state index in [0.717, 1.165) is 9.32 Å². The highest BCUT2D eigenvalue weighted by atomic mass is 127. The first-order chi connectivity index (χ1) is 6.50. The van der Waals surface area contributed by atoms with Crippen LogP contribution in [-0.4, -0.2) is 6.10 Å². The molecular weight excluding hydrogens is 289 g/mol. The minimum absolute atomic E-state index is 0.192. The van der Waals surface area contributed by atoms with Crippen molar-refractivity contribution in [3.05, 3.63) is 21.8 Å². The molecular formula is C11H16INO. The molecule has 0 aliphatic carbocycles. The molecule has 0 saturated carbocycles. The number of rotatable bonds is 3. The maximum absolute atomic E-state index is 5.84. The number of ether oxygens (including phenoxy) is 1. The molecule has 0 heterocycles. The number of hydrogen-bond acceptors (Lipinski definition) is 2. The van der Waals surface area contributed by atoms with Gasteiger partial charge in [0.25, 0.3) is 0 Å². The van der Waals surface area contributed by atoms with Crippen molar-refractivity contribution in [2.45, 2.75) is 26.9 Å². The standard InChI is InChI=1S/C11H16INO/c1-7(2)8(3)14-11-5-4-9(12)6-10(11)13/h4-8H,13H2,1-3H3. The average molecular weight is 305 g/mol. The van der Waals surface area contributed by atoms with Crippen LogP contribution in [0.5, 0.6) is 5.75 Å². The zero-order valence-electron chi connectivity index (χ0n) is 8.75. The zero-order chi connectivity index (χ0) is 10.7. The van der Waals surface area contributed by atoms with E-state index in [1.54, 1.807) is 0 Å². The first-order valence-corrected chi connectivity index (χ1v) is 5.80. The highest BCUT2D eigenvalue weighted by molar-refractivity contribution is 14.1. The van der Waals surface area contributed by atoms with Gasteiger partial charge in [0.1, 0.15) is 5.75 Å². The monoisotopic (exact) mass is 305 g/mol. The summed E-state index contributed by atoms with van der Waals surface area (Å²) in [7, 11) is 0. The second-order valence-electron chi connectivity index (χ2n) is 3.75. The van der Waals surface area contributed by atoms with Crippen LogP contribution in [0.15, 0.2) is 18.2 Å². The fourth-order valence-corrected chi connectivity index (χ4v) is 1.48. The highest BCUT2D eigenvalue weighted by Gasteiger charge is 2.10. The summed E-state index contributed by atoms with van der Waals surface area (Å²) < 4.78 is 6.86. The maximum Gasteiger partial charge on any atom is 0.142 e. The Hall–Kier alpha value is -0.450. The second-order valence-corrected chi connectivity index (χ2v) is 4.99. The van der Waals surface area contributed by atoms with Crippen LogP contribution in [0.4, 0.5) is 5.69 Å². The molecule has 0 spiro atoms. The molecule has 0 aromatic heterocycles. The Labute approximate surface area is 99.0 Å². The minimum Gasteiger partial charge on any atom is -0.488 e. The summed E-state index contributed by atoms with van der Waals surface area (Å²) in [6, 6.07) is 5.85. The Bertz CT molecular complexity index is 312. The van der Waals surface area contributed by atoms with Crippen molar-refractivity contribution in [1.82, 2.24) is 0 Å². The van der Waals surface area contributed by atoms with Crippen LogP contribution in [0.1, 0.15) is 20.8 Å². The summed E-state index contributed by atoms with van der Waals surface area (Å²) in [5.41, 5.74) is 6.55. The van der Waals surface area contributed by atoms with Gasteiger partial charge in [-0.15, -0.1) is 0 Å². The fraction of sp³-hybridized carbons (Fsp3) is 0.455. The predicted octanol–water partition coefficient (Wildman–Crippen LogP) is 3.30. The number of nitrogen functional groups attached to an aromatic ring is 1. The summed E-state index contributed by atoms with van der Waals surface area (Å²) >= 11 is 2.23. The molecule has 1 unspecified atom stereocenters. The van der Waals surface area contributed by atoms with Crippen LogP contribution in [0, 0.1) is 9.49 Å². The largest absolute Gasteiger partial charge is 0.488 e. The summed E-state index contributed by atoms with van der Waals surface area (Å²) in [6.45, 7) is 6.32. The first-order valence-electron chi connectivity index (χ1n) is 4.72. The molecule has 2 nitrogen and oxygen atoms in total. The van der Waals surface area contributed by atoms with Gasteiger partial charge in [-0.3, -0.25) is 0 Å². The van der Waals surface area contributed by atoms with Crippen LogP contribution in [-0.2, 0) is 0 Å². The Morgan fingerprint density at radius 1 is 1.29 bits per heavy atom. The van der Waals surface area contributed by atoms with Crippen LogP contribution in [0.3, 0.4) is 0 Å². The number of anilines is 1. The van der Waals surface area contributed by atoms with E-state index in [2.05, 4.69) is 43.4 Å². The highest BCUT2D eigenvalue weighted by Crippen LogP contribution is 2.25. The van der Waals surface area contributed by atoms with E-state index in [0.29, 0.717) is 11.6 Å². The zero-order valence-corrected chi connectivity index (χ0v) is 10.9. The third-order valence-corrected chi connectivity index (χ3v) is 2.89. The van der Waals surface area contributed by atoms with Crippen molar-refractivity contribution in [2.75, 3.05) is 5.73 Å². The van der Waals surface area contributed by atoms with E-state index < -0.39 is 0 Å². The topological polar surface area (TPSA) is 35.2 Å². The second kappa shape index (κ2) is 4.87. The van der Waals surface area contributed by atoms with Crippen molar-refractivity contribution in [3.8, 4) is 5.75 Å². The maximum atomic E-state index is 5.84. The molecule has 0 radical (unpaired) electrons. The molecule has 1 atom stereocenters. The molecule has 1 rings (SSSR count). The van der Waals surface area contributed by atoms with E-state index in [1.807, 2.05) is 18.2 Å². The van der Waals surface area contributed by atoms with Gasteiger partial charge in [-0.25, -0.2) is 0 Å². The average Bonchev–Trinajstić information content (AvgIpc) is 2.09. The van der Waals surface area contributed by atoms with Gasteiger partial charge >= 0.3 is 0 Å². The third kappa shape index (κ3) is 3.04. The van der Waals surface area contributed by atoms with Gasteiger partial charge in [-0.1, -0.05) is 13.8 Å². The number of halogens is 1. The Kier molecular flexibility index (Phi) is 4.04. The molecule has 1 aromatic rings. The van der Waals surface area contributed by atoms with Crippen LogP contribution in [0.2, 0.25) is 0 Å². The smallest absolute Gasteiger partial charge is 0.142 e. The Morgan fingerprint density at radius 3 is 2.43 bits per heavy atom. The summed E-state index contributed by atoms with van der Waals surface area (Å²) in [5.74, 6) is 1.28. The van der Waals surface area contributed by atoms with Gasteiger partial charge in [0.15, 0.2) is 0 Å². The van der Waals surface area contributed by atoms with Crippen molar-refractivity contribution < 1.29 is 4.74 Å². The van der Waals surface area contributed by atoms with E-state index >= 15 is 0 Å². The van der Waals surface area contributed by atoms with Gasteiger partial charge in [0, 0.05) is 3.57 Å². The normalized spacial score (nSPS) is 12.9. The molecule has 0 saturated heterocycles. The van der Waals surface area contributed by atoms with Gasteiger partial charge in [0.05, 0.1) is 11.8 Å². The summed E-state index contributed by atoms with van der Waals surface area (Å²) in [6.07, 6.45) is 0.192. The van der Waals surface area contributed by atoms with Crippen LogP contribution in [0.25, 0.3) is 0 Å². The van der Waals surface area contributed by atoms with E-state index in [4.69, 9.17) is 10.5 Å². The molecule has 78 valence electrons. The van der Waals surface area contributed by atoms with Crippen molar-refractivity contribution >= 4 is 28.3 Å².